The van der Waals surface area contributed by atoms with E-state index in [1.807, 2.05) is 0 Å². The van der Waals surface area contributed by atoms with E-state index in [0.29, 0.717) is 30.8 Å². The molecule has 9 heteroatoms. The van der Waals surface area contributed by atoms with Crippen molar-refractivity contribution >= 4 is 33.2 Å². The summed E-state index contributed by atoms with van der Waals surface area (Å²) in [5.74, 6) is -0.238. The molecule has 2 aliphatic rings. The number of hydrogen-bond donors (Lipinski definition) is 2. The second kappa shape index (κ2) is 9.17. The zero-order valence-corrected chi connectivity index (χ0v) is 17.9. The lowest BCUT2D eigenvalue weighted by atomic mass is 10.2. The quantitative estimate of drug-likeness (QED) is 0.684. The van der Waals surface area contributed by atoms with Gasteiger partial charge in [-0.3, -0.25) is 9.59 Å². The predicted molar refractivity (Wildman–Crippen MR) is 117 cm³/mol. The van der Waals surface area contributed by atoms with E-state index in [1.54, 1.807) is 29.2 Å². The van der Waals surface area contributed by atoms with Crippen molar-refractivity contribution in [2.75, 3.05) is 29.9 Å². The molecule has 2 aromatic carbocycles. The Morgan fingerprint density at radius 1 is 1.06 bits per heavy atom. The van der Waals surface area contributed by atoms with Gasteiger partial charge >= 0.3 is 0 Å². The number of rotatable bonds is 7. The second-order valence-electron chi connectivity index (χ2n) is 7.66. The van der Waals surface area contributed by atoms with Gasteiger partial charge in [-0.2, -0.15) is 0 Å². The monoisotopic (exact) mass is 443 g/mol. The van der Waals surface area contributed by atoms with Gasteiger partial charge in [-0.25, -0.2) is 13.1 Å². The van der Waals surface area contributed by atoms with E-state index in [2.05, 4.69) is 10.0 Å². The molecule has 0 aliphatic carbocycles. The van der Waals surface area contributed by atoms with Gasteiger partial charge in [-0.05, 0) is 67.8 Å². The van der Waals surface area contributed by atoms with E-state index < -0.39 is 10.0 Å². The number of benzene rings is 2. The van der Waals surface area contributed by atoms with Crippen LogP contribution in [0.3, 0.4) is 0 Å². The minimum absolute atomic E-state index is 0.0881. The molecule has 164 valence electrons. The van der Waals surface area contributed by atoms with Crippen LogP contribution in [-0.4, -0.2) is 46.0 Å². The van der Waals surface area contributed by atoms with Gasteiger partial charge in [0.15, 0.2) is 0 Å². The first kappa shape index (κ1) is 21.5. The molecule has 2 aromatic rings. The fraction of sp³-hybridized carbons (Fsp3) is 0.364. The van der Waals surface area contributed by atoms with Crippen LogP contribution in [0.4, 0.5) is 11.4 Å². The van der Waals surface area contributed by atoms with Crippen LogP contribution in [0.1, 0.15) is 36.0 Å². The first-order chi connectivity index (χ1) is 14.9. The Balaban J connectivity index is 1.36. The molecule has 1 unspecified atom stereocenters. The molecule has 0 radical (unpaired) electrons. The largest absolute Gasteiger partial charge is 0.377 e. The Hall–Kier alpha value is -2.75. The van der Waals surface area contributed by atoms with Crippen molar-refractivity contribution in [2.24, 2.45) is 0 Å². The maximum atomic E-state index is 12.5. The molecule has 8 nitrogen and oxygen atoms in total. The summed E-state index contributed by atoms with van der Waals surface area (Å²) in [5, 5.41) is 2.78. The van der Waals surface area contributed by atoms with Crippen LogP contribution in [0.2, 0.25) is 0 Å². The lowest BCUT2D eigenvalue weighted by molar-refractivity contribution is -0.117. The lowest BCUT2D eigenvalue weighted by Crippen LogP contribution is -2.31. The summed E-state index contributed by atoms with van der Waals surface area (Å²) in [4.78, 5) is 26.2. The van der Waals surface area contributed by atoms with Gasteiger partial charge < -0.3 is 15.0 Å². The third kappa shape index (κ3) is 5.12. The molecule has 2 saturated heterocycles. The van der Waals surface area contributed by atoms with Crippen LogP contribution >= 0.6 is 0 Å². The van der Waals surface area contributed by atoms with Crippen LogP contribution in [0.5, 0.6) is 0 Å². The third-order valence-corrected chi connectivity index (χ3v) is 6.90. The molecule has 2 heterocycles. The highest BCUT2D eigenvalue weighted by molar-refractivity contribution is 7.89. The zero-order valence-electron chi connectivity index (χ0n) is 17.0. The van der Waals surface area contributed by atoms with Crippen LogP contribution in [0, 0.1) is 0 Å². The number of sulfonamides is 1. The molecule has 4 rings (SSSR count). The highest BCUT2D eigenvalue weighted by Gasteiger charge is 2.22. The summed E-state index contributed by atoms with van der Waals surface area (Å²) in [6.07, 6.45) is 3.11. The molecule has 2 amide bonds. The molecule has 0 spiro atoms. The SMILES string of the molecule is O=C(Nc1ccc(N2CCCC2=O)cc1)c1ccc(S(=O)(=O)NCC2CCCO2)cc1. The van der Waals surface area contributed by atoms with Crippen molar-refractivity contribution in [2.45, 2.75) is 36.7 Å². The van der Waals surface area contributed by atoms with Gasteiger partial charge in [-0.15, -0.1) is 0 Å². The Morgan fingerprint density at radius 3 is 2.42 bits per heavy atom. The minimum Gasteiger partial charge on any atom is -0.377 e. The number of nitrogens with zero attached hydrogens (tertiary/aromatic N) is 1. The standard InChI is InChI=1S/C22H25N3O5S/c26-21-4-1-13-25(21)18-9-7-17(8-10-18)24-22(27)16-5-11-20(12-6-16)31(28,29)23-15-19-3-2-14-30-19/h5-12,19,23H,1-4,13-15H2,(H,24,27). The van der Waals surface area contributed by atoms with Gasteiger partial charge in [0.25, 0.3) is 5.91 Å². The normalized spacial score (nSPS) is 19.0. The minimum atomic E-state index is -3.66. The van der Waals surface area contributed by atoms with E-state index in [1.165, 1.54) is 24.3 Å². The summed E-state index contributed by atoms with van der Waals surface area (Å²) in [5.41, 5.74) is 1.75. The molecule has 31 heavy (non-hydrogen) atoms. The van der Waals surface area contributed by atoms with Crippen LogP contribution in [0.15, 0.2) is 53.4 Å². The number of carbonyl (C=O) groups excluding carboxylic acids is 2. The van der Waals surface area contributed by atoms with Gasteiger partial charge in [0.05, 0.1) is 11.0 Å². The number of carbonyl (C=O) groups is 2. The van der Waals surface area contributed by atoms with Gasteiger partial charge in [0.2, 0.25) is 15.9 Å². The maximum absolute atomic E-state index is 12.5. The van der Waals surface area contributed by atoms with Gasteiger partial charge in [-0.1, -0.05) is 0 Å². The molecular weight excluding hydrogens is 418 g/mol. The van der Waals surface area contributed by atoms with Crippen molar-refractivity contribution in [1.82, 2.24) is 4.72 Å². The summed E-state index contributed by atoms with van der Waals surface area (Å²) >= 11 is 0. The van der Waals surface area contributed by atoms with Gasteiger partial charge in [0, 0.05) is 43.1 Å². The average molecular weight is 444 g/mol. The molecule has 2 N–H and O–H groups in total. The predicted octanol–water partition coefficient (Wildman–Crippen LogP) is 2.52. The maximum Gasteiger partial charge on any atom is 0.255 e. The van der Waals surface area contributed by atoms with Crippen LogP contribution in [-0.2, 0) is 19.6 Å². The highest BCUT2D eigenvalue weighted by atomic mass is 32.2. The van der Waals surface area contributed by atoms with Gasteiger partial charge in [0.1, 0.15) is 0 Å². The fourth-order valence-electron chi connectivity index (χ4n) is 3.73. The smallest absolute Gasteiger partial charge is 0.255 e. The van der Waals surface area contributed by atoms with Crippen molar-refractivity contribution in [1.29, 1.82) is 0 Å². The van der Waals surface area contributed by atoms with Crippen molar-refractivity contribution in [3.05, 3.63) is 54.1 Å². The fourth-order valence-corrected chi connectivity index (χ4v) is 4.79. The summed E-state index contributed by atoms with van der Waals surface area (Å²) in [6, 6.07) is 12.9. The van der Waals surface area contributed by atoms with Crippen molar-refractivity contribution in [3.8, 4) is 0 Å². The van der Waals surface area contributed by atoms with E-state index in [4.69, 9.17) is 4.74 Å². The topological polar surface area (TPSA) is 105 Å². The molecule has 1 atom stereocenters. The molecule has 0 saturated carbocycles. The molecule has 0 aromatic heterocycles. The first-order valence-corrected chi connectivity index (χ1v) is 11.8. The Labute approximate surface area is 181 Å². The number of ether oxygens (including phenoxy) is 1. The van der Waals surface area contributed by atoms with E-state index in [-0.39, 0.29) is 29.4 Å². The number of amides is 2. The number of nitrogens with one attached hydrogen (secondary N) is 2. The van der Waals surface area contributed by atoms with Crippen molar-refractivity contribution < 1.29 is 22.7 Å². The van der Waals surface area contributed by atoms with Crippen LogP contribution < -0.4 is 14.9 Å². The Bertz CT molecular complexity index is 1050. The third-order valence-electron chi connectivity index (χ3n) is 5.46. The molecule has 0 bridgehead atoms. The summed E-state index contributed by atoms with van der Waals surface area (Å²) in [7, 11) is -3.66. The lowest BCUT2D eigenvalue weighted by Gasteiger charge is -2.16. The van der Waals surface area contributed by atoms with E-state index in [0.717, 1.165) is 24.9 Å². The zero-order chi connectivity index (χ0) is 21.8. The molecular formula is C22H25N3O5S. The van der Waals surface area contributed by atoms with Crippen LogP contribution in [0.25, 0.3) is 0 Å². The molecule has 2 aliphatic heterocycles. The Kier molecular flexibility index (Phi) is 6.35. The van der Waals surface area contributed by atoms with Crippen molar-refractivity contribution in [3.63, 3.8) is 0 Å². The van der Waals surface area contributed by atoms with E-state index >= 15 is 0 Å². The number of anilines is 2. The number of hydrogen-bond acceptors (Lipinski definition) is 5. The first-order valence-electron chi connectivity index (χ1n) is 10.4. The second-order valence-corrected chi connectivity index (χ2v) is 9.43. The highest BCUT2D eigenvalue weighted by Crippen LogP contribution is 2.23. The average Bonchev–Trinajstić information content (AvgIpc) is 3.45. The Morgan fingerprint density at radius 2 is 1.81 bits per heavy atom. The van der Waals surface area contributed by atoms with E-state index in [9.17, 15) is 18.0 Å². The summed E-state index contributed by atoms with van der Waals surface area (Å²) in [6.45, 7) is 1.61. The molecule has 2 fully saturated rings. The summed E-state index contributed by atoms with van der Waals surface area (Å²) < 4.78 is 32.8.